The van der Waals surface area contributed by atoms with Crippen molar-refractivity contribution in [1.29, 1.82) is 0 Å². The molecule has 6 N–H and O–H groups in total. The average Bonchev–Trinajstić information content (AvgIpc) is 3.77. The number of aryl methyl sites for hydroxylation is 2. The number of para-hydroxylation sites is 1. The number of aliphatic carboxylic acids is 4. The highest BCUT2D eigenvalue weighted by molar-refractivity contribution is 7.89. The molecule has 1 saturated carbocycles. The number of carboxylic acid groups (broad SMARTS) is 4. The topological polar surface area (TPSA) is 256 Å². The highest BCUT2D eigenvalue weighted by atomic mass is 35.5. The first-order chi connectivity index (χ1) is 34.3. The maximum absolute atomic E-state index is 14.0. The van der Waals surface area contributed by atoms with Crippen LogP contribution < -0.4 is 14.8 Å². The number of fused-ring (bicyclic) bond motifs is 1. The minimum Gasteiger partial charge on any atom is -0.487 e. The highest BCUT2D eigenvalue weighted by Gasteiger charge is 2.48. The number of sulfonamides is 1. The Kier molecular flexibility index (Phi) is 33.5. The van der Waals surface area contributed by atoms with Gasteiger partial charge in [-0.3, -0.25) is 14.6 Å². The Labute approximate surface area is 477 Å². The lowest BCUT2D eigenvalue weighted by molar-refractivity contribution is -0.193. The summed E-state index contributed by atoms with van der Waals surface area (Å²) < 4.78 is 164. The van der Waals surface area contributed by atoms with E-state index in [0.29, 0.717) is 42.8 Å². The maximum atomic E-state index is 14.0. The minimum absolute atomic E-state index is 0. The Morgan fingerprint density at radius 2 is 1.10 bits per heavy atom. The number of alkyl halides is 12. The van der Waals surface area contributed by atoms with Gasteiger partial charge in [0, 0.05) is 87.1 Å². The van der Waals surface area contributed by atoms with Gasteiger partial charge in [0.25, 0.3) is 0 Å². The molecule has 454 valence electrons. The molecule has 0 spiro atoms. The summed E-state index contributed by atoms with van der Waals surface area (Å²) in [6, 6.07) is 10.6. The van der Waals surface area contributed by atoms with E-state index in [1.54, 1.807) is 0 Å². The molecule has 79 heavy (non-hydrogen) atoms. The summed E-state index contributed by atoms with van der Waals surface area (Å²) in [6.07, 6.45) is -17.9. The SMILES string of the molecule is Cc1cc(C)c2cccc(OCc3c(Cl)ccc(S(=O)(=O)NC4(C(=O)N5CCN(CCN6CCNCC6)CC5)CCCC4)c3Cl)c2n1.Cl.Cl.Cl.Cl.O=C(O)C(F)(F)F.O=C(O)C(F)(F)F.O=C(O)C(F)(F)F.O=C(O)C(F)(F)F. The Bertz CT molecular complexity index is 2490. The molecule has 2 aliphatic heterocycles. The van der Waals surface area contributed by atoms with Crippen LogP contribution in [-0.2, 0) is 40.6 Å². The third-order valence-corrected chi connectivity index (χ3v) is 13.2. The first-order valence-electron chi connectivity index (χ1n) is 21.5. The number of carbonyl (C=O) groups excluding carboxylic acids is 1. The number of pyridine rings is 1. The number of nitrogens with zero attached hydrogens (tertiary/aromatic N) is 4. The predicted molar refractivity (Wildman–Crippen MR) is 270 cm³/mol. The lowest BCUT2D eigenvalue weighted by Crippen LogP contribution is -2.61. The third-order valence-electron chi connectivity index (χ3n) is 10.7. The standard InChI is InChI=1S/C34H44Cl2N6O4S.4C2HF3O2.4ClH/c1-24-22-25(2)38-32-26(24)6-5-7-29(32)46-23-27-28(35)8-9-30(31(27)36)47(44,45)39-34(10-3-4-11-34)33(43)42-20-18-41(19-21-42)17-16-40-14-12-37-13-15-40;4*3-2(4,5)1(6)7;;;;/h5-9,22,37,39H,3-4,10-21,23H2,1-2H3;4*(H,6,7);4*1H. The van der Waals surface area contributed by atoms with Crippen molar-refractivity contribution in [2.75, 3.05) is 65.4 Å². The molecule has 3 fully saturated rings. The van der Waals surface area contributed by atoms with Crippen molar-refractivity contribution in [2.45, 2.75) is 81.3 Å². The predicted octanol–water partition coefficient (Wildman–Crippen LogP) is 8.60. The molecule has 1 amide bonds. The van der Waals surface area contributed by atoms with Crippen molar-refractivity contribution in [3.8, 4) is 5.75 Å². The van der Waals surface area contributed by atoms with Crippen LogP contribution in [0.4, 0.5) is 52.7 Å². The Morgan fingerprint density at radius 1 is 0.684 bits per heavy atom. The Hall–Kier alpha value is -4.31. The zero-order chi connectivity index (χ0) is 57.5. The van der Waals surface area contributed by atoms with Crippen LogP contribution in [0, 0.1) is 13.8 Å². The summed E-state index contributed by atoms with van der Waals surface area (Å²) in [7, 11) is -4.19. The summed E-state index contributed by atoms with van der Waals surface area (Å²) in [4.78, 5) is 60.9. The number of carbonyl (C=O) groups is 5. The van der Waals surface area contributed by atoms with Crippen LogP contribution in [-0.4, -0.2) is 174 Å². The fourth-order valence-corrected chi connectivity index (χ4v) is 9.39. The molecule has 2 aromatic carbocycles. The zero-order valence-electron chi connectivity index (χ0n) is 40.7. The number of piperazine rings is 2. The van der Waals surface area contributed by atoms with Crippen LogP contribution in [0.3, 0.4) is 0 Å². The molecule has 2 saturated heterocycles. The van der Waals surface area contributed by atoms with Crippen LogP contribution >= 0.6 is 72.8 Å². The van der Waals surface area contributed by atoms with E-state index in [1.165, 1.54) is 12.1 Å². The summed E-state index contributed by atoms with van der Waals surface area (Å²) >= 11 is 13.3. The van der Waals surface area contributed by atoms with Gasteiger partial charge in [-0.25, -0.2) is 32.6 Å². The van der Waals surface area contributed by atoms with E-state index in [0.717, 1.165) is 81.8 Å². The molecule has 0 atom stereocenters. The van der Waals surface area contributed by atoms with Crippen LogP contribution in [0.5, 0.6) is 5.75 Å². The van der Waals surface area contributed by atoms with E-state index in [1.807, 2.05) is 43.0 Å². The zero-order valence-corrected chi connectivity index (χ0v) is 46.3. The van der Waals surface area contributed by atoms with Gasteiger partial charge in [0.15, 0.2) is 0 Å². The molecule has 1 aliphatic carbocycles. The molecule has 37 heteroatoms. The summed E-state index contributed by atoms with van der Waals surface area (Å²) in [5.41, 5.74) is 1.80. The van der Waals surface area contributed by atoms with Crippen molar-refractivity contribution in [1.82, 2.24) is 29.7 Å². The molecule has 6 rings (SSSR count). The number of ether oxygens (including phenoxy) is 1. The molecule has 0 unspecified atom stereocenters. The average molecular weight is 1310 g/mol. The van der Waals surface area contributed by atoms with E-state index in [-0.39, 0.29) is 77.1 Å². The number of hydrogen-bond acceptors (Lipinski definition) is 12. The maximum Gasteiger partial charge on any atom is 0.490 e. The van der Waals surface area contributed by atoms with E-state index in [4.69, 9.17) is 67.5 Å². The molecule has 3 heterocycles. The number of carboxylic acids is 4. The van der Waals surface area contributed by atoms with Gasteiger partial charge in [-0.15, -0.1) is 49.6 Å². The van der Waals surface area contributed by atoms with Gasteiger partial charge in [0.2, 0.25) is 15.9 Å². The number of benzene rings is 2. The molecule has 18 nitrogen and oxygen atoms in total. The molecule has 1 aromatic heterocycles. The van der Waals surface area contributed by atoms with Crippen molar-refractivity contribution in [3.05, 3.63) is 63.3 Å². The number of rotatable bonds is 10. The molecular formula is C42H52Cl6F12N6O12S. The van der Waals surface area contributed by atoms with Gasteiger partial charge in [0.05, 0.1) is 5.02 Å². The van der Waals surface area contributed by atoms with Crippen molar-refractivity contribution in [2.24, 2.45) is 0 Å². The number of halogens is 18. The largest absolute Gasteiger partial charge is 0.490 e. The normalized spacial score (nSPS) is 15.5. The van der Waals surface area contributed by atoms with E-state index >= 15 is 0 Å². The molecule has 0 bridgehead atoms. The lowest BCUT2D eigenvalue weighted by Gasteiger charge is -2.40. The van der Waals surface area contributed by atoms with Crippen molar-refractivity contribution >= 4 is 124 Å². The molecular weight excluding hydrogens is 1250 g/mol. The van der Waals surface area contributed by atoms with Gasteiger partial charge in [0.1, 0.15) is 28.3 Å². The molecule has 0 radical (unpaired) electrons. The van der Waals surface area contributed by atoms with E-state index < -0.39 is 64.1 Å². The first-order valence-corrected chi connectivity index (χ1v) is 23.7. The van der Waals surface area contributed by atoms with Gasteiger partial charge < -0.3 is 35.4 Å². The molecule has 3 aromatic rings. The highest BCUT2D eigenvalue weighted by Crippen LogP contribution is 2.37. The number of amides is 1. The van der Waals surface area contributed by atoms with E-state index in [9.17, 15) is 65.9 Å². The first kappa shape index (κ1) is 78.9. The summed E-state index contributed by atoms with van der Waals surface area (Å²) in [5.74, 6) is -10.6. The number of hydrogen-bond donors (Lipinski definition) is 6. The number of aromatic nitrogens is 1. The Morgan fingerprint density at radius 3 is 1.52 bits per heavy atom. The van der Waals surface area contributed by atoms with Gasteiger partial charge >= 0.3 is 48.6 Å². The quantitative estimate of drug-likeness (QED) is 0.104. The monoisotopic (exact) mass is 1300 g/mol. The smallest absolute Gasteiger partial charge is 0.487 e. The summed E-state index contributed by atoms with van der Waals surface area (Å²) in [5, 5.41) is 33.1. The lowest BCUT2D eigenvalue weighted by atomic mass is 9.96. The van der Waals surface area contributed by atoms with E-state index in [2.05, 4.69) is 24.8 Å². The van der Waals surface area contributed by atoms with Crippen molar-refractivity contribution < 1.29 is 110 Å². The van der Waals surface area contributed by atoms with Crippen LogP contribution in [0.25, 0.3) is 10.9 Å². The second-order valence-corrected chi connectivity index (χ2v) is 18.6. The fraction of sp³-hybridized carbons (Fsp3) is 0.524. The van der Waals surface area contributed by atoms with Crippen molar-refractivity contribution in [3.63, 3.8) is 0 Å². The van der Waals surface area contributed by atoms with Crippen LogP contribution in [0.15, 0.2) is 41.3 Å². The minimum atomic E-state index is -5.08. The Balaban J connectivity index is -0.00000149. The fourth-order valence-electron chi connectivity index (χ4n) is 7.08. The summed E-state index contributed by atoms with van der Waals surface area (Å²) in [6.45, 7) is 12.8. The van der Waals surface area contributed by atoms with Gasteiger partial charge in [-0.2, -0.15) is 57.4 Å². The number of nitrogens with one attached hydrogen (secondary N) is 2. The third kappa shape index (κ3) is 25.6. The second-order valence-electron chi connectivity index (χ2n) is 16.2. The molecule has 3 aliphatic rings. The van der Waals surface area contributed by atoms with Crippen LogP contribution in [0.2, 0.25) is 10.0 Å². The van der Waals surface area contributed by atoms with Gasteiger partial charge in [-0.05, 0) is 56.5 Å². The van der Waals surface area contributed by atoms with Gasteiger partial charge in [-0.1, -0.05) is 48.2 Å². The second kappa shape index (κ2) is 33.6. The van der Waals surface area contributed by atoms with Crippen LogP contribution in [0.1, 0.15) is 42.5 Å².